The molecule has 5 nitrogen and oxygen atoms in total. The van der Waals surface area contributed by atoms with Gasteiger partial charge in [-0.2, -0.15) is 0 Å². The molecule has 1 amide bonds. The third-order valence-corrected chi connectivity index (χ3v) is 7.96. The number of amides is 1. The van der Waals surface area contributed by atoms with Crippen LogP contribution in [0.1, 0.15) is 200 Å². The Bertz CT molecular complexity index is 511. The Hall–Kier alpha value is -0.940. The first-order valence-corrected chi connectivity index (χ1v) is 18.3. The SMILES string of the molecule is CCCCCCCCCCCCCCCCNC(=O)C(=O)CCCCCCCCCCCCCCCC.NCCO. The number of aliphatic hydroxyl groups excluding tert-OH is 1. The van der Waals surface area contributed by atoms with Crippen molar-refractivity contribution in [2.45, 2.75) is 200 Å². The lowest BCUT2D eigenvalue weighted by atomic mass is 10.0. The molecule has 0 heterocycles. The molecular formula is C36H74N2O3. The fraction of sp³-hybridized carbons (Fsp3) is 0.944. The number of Topliss-reactive ketones (excluding diaryl/α,β-unsaturated/α-hetero) is 1. The van der Waals surface area contributed by atoms with Crippen molar-refractivity contribution in [3.8, 4) is 0 Å². The highest BCUT2D eigenvalue weighted by Crippen LogP contribution is 2.14. The van der Waals surface area contributed by atoms with E-state index in [4.69, 9.17) is 10.8 Å². The topological polar surface area (TPSA) is 92.4 Å². The van der Waals surface area contributed by atoms with Gasteiger partial charge in [-0.1, -0.05) is 181 Å². The zero-order valence-electron chi connectivity index (χ0n) is 28.0. The molecule has 0 bridgehead atoms. The lowest BCUT2D eigenvalue weighted by Gasteiger charge is -2.06. The van der Waals surface area contributed by atoms with E-state index in [1.165, 1.54) is 154 Å². The summed E-state index contributed by atoms with van der Waals surface area (Å²) < 4.78 is 0. The van der Waals surface area contributed by atoms with Gasteiger partial charge in [0.25, 0.3) is 5.91 Å². The third-order valence-electron chi connectivity index (χ3n) is 7.96. The quantitative estimate of drug-likeness (QED) is 0.0543. The monoisotopic (exact) mass is 583 g/mol. The van der Waals surface area contributed by atoms with E-state index >= 15 is 0 Å². The summed E-state index contributed by atoms with van der Waals surface area (Å²) in [6.07, 6.45) is 37.4. The number of nitrogens with two attached hydrogens (primary N) is 1. The van der Waals surface area contributed by atoms with Crippen molar-refractivity contribution < 1.29 is 14.7 Å². The molecule has 0 aliphatic carbocycles. The molecule has 4 N–H and O–H groups in total. The summed E-state index contributed by atoms with van der Waals surface area (Å²) in [5, 5.41) is 10.6. The number of nitrogens with one attached hydrogen (secondary N) is 1. The van der Waals surface area contributed by atoms with Crippen LogP contribution in [-0.2, 0) is 9.59 Å². The van der Waals surface area contributed by atoms with Gasteiger partial charge in [0.1, 0.15) is 0 Å². The van der Waals surface area contributed by atoms with Gasteiger partial charge < -0.3 is 16.2 Å². The van der Waals surface area contributed by atoms with Crippen LogP contribution in [-0.4, -0.2) is 36.5 Å². The normalized spacial score (nSPS) is 10.8. The van der Waals surface area contributed by atoms with Gasteiger partial charge in [0.05, 0.1) is 6.61 Å². The summed E-state index contributed by atoms with van der Waals surface area (Å²) in [6.45, 7) is 5.68. The van der Waals surface area contributed by atoms with E-state index in [9.17, 15) is 9.59 Å². The minimum atomic E-state index is -0.357. The maximum Gasteiger partial charge on any atom is 0.287 e. The van der Waals surface area contributed by atoms with Crippen LogP contribution in [0.25, 0.3) is 0 Å². The standard InChI is InChI=1S/C34H67NO2.C2H7NO/c1-3-5-7-9-11-13-15-17-19-21-23-25-27-29-31-33(36)34(37)35-32-30-28-26-24-22-20-18-16-14-12-10-8-6-4-2;3-1-2-4/h3-32H2,1-2H3,(H,35,37);4H,1-3H2. The van der Waals surface area contributed by atoms with Gasteiger partial charge >= 0.3 is 0 Å². The molecule has 0 aromatic heterocycles. The average Bonchev–Trinajstić information content (AvgIpc) is 2.99. The number of hydrogen-bond donors (Lipinski definition) is 3. The summed E-state index contributed by atoms with van der Waals surface area (Å²) in [4.78, 5) is 24.0. The van der Waals surface area contributed by atoms with Crippen LogP contribution in [0, 0.1) is 0 Å². The molecule has 0 aliphatic rings. The molecule has 0 atom stereocenters. The Kier molecular flexibility index (Phi) is 40.2. The molecule has 0 fully saturated rings. The molecule has 41 heavy (non-hydrogen) atoms. The fourth-order valence-electron chi connectivity index (χ4n) is 5.21. The van der Waals surface area contributed by atoms with Crippen molar-refractivity contribution >= 4 is 11.7 Å². The molecular weight excluding hydrogens is 508 g/mol. The van der Waals surface area contributed by atoms with Gasteiger partial charge in [-0.25, -0.2) is 0 Å². The van der Waals surface area contributed by atoms with E-state index in [1.54, 1.807) is 0 Å². The third kappa shape index (κ3) is 39.1. The molecule has 0 rings (SSSR count). The molecule has 0 radical (unpaired) electrons. The molecule has 0 saturated heterocycles. The number of ketones is 1. The van der Waals surface area contributed by atoms with Crippen molar-refractivity contribution in [3.63, 3.8) is 0 Å². The number of carbonyl (C=O) groups is 2. The van der Waals surface area contributed by atoms with E-state index in [0.29, 0.717) is 19.5 Å². The van der Waals surface area contributed by atoms with E-state index in [1.807, 2.05) is 0 Å². The highest BCUT2D eigenvalue weighted by atomic mass is 16.3. The summed E-state index contributed by atoms with van der Waals surface area (Å²) >= 11 is 0. The van der Waals surface area contributed by atoms with Crippen LogP contribution in [0.3, 0.4) is 0 Å². The predicted molar refractivity (Wildman–Crippen MR) is 179 cm³/mol. The smallest absolute Gasteiger partial charge is 0.287 e. The van der Waals surface area contributed by atoms with Gasteiger partial charge in [0.15, 0.2) is 0 Å². The lowest BCUT2D eigenvalue weighted by molar-refractivity contribution is -0.138. The fourth-order valence-corrected chi connectivity index (χ4v) is 5.21. The van der Waals surface area contributed by atoms with Crippen molar-refractivity contribution in [2.75, 3.05) is 19.7 Å². The van der Waals surface area contributed by atoms with Gasteiger partial charge in [-0.05, 0) is 12.8 Å². The number of carbonyl (C=O) groups excluding carboxylic acids is 2. The Morgan fingerprint density at radius 2 is 0.756 bits per heavy atom. The maximum absolute atomic E-state index is 12.0. The molecule has 0 aromatic rings. The molecule has 0 spiro atoms. The minimum absolute atomic E-state index is 0.0972. The first kappa shape index (κ1) is 42.2. The molecule has 0 saturated carbocycles. The van der Waals surface area contributed by atoms with Gasteiger partial charge in [0.2, 0.25) is 5.78 Å². The van der Waals surface area contributed by atoms with Gasteiger partial charge in [-0.3, -0.25) is 9.59 Å². The zero-order chi connectivity index (χ0) is 30.5. The predicted octanol–water partition coefficient (Wildman–Crippen LogP) is 9.96. The molecule has 0 aromatic carbocycles. The number of rotatable bonds is 32. The van der Waals surface area contributed by atoms with E-state index < -0.39 is 0 Å². The Morgan fingerprint density at radius 1 is 0.488 bits per heavy atom. The van der Waals surface area contributed by atoms with Crippen LogP contribution >= 0.6 is 0 Å². The van der Waals surface area contributed by atoms with E-state index in [0.717, 1.165) is 25.7 Å². The second-order valence-corrected chi connectivity index (χ2v) is 12.1. The summed E-state index contributed by atoms with van der Waals surface area (Å²) in [7, 11) is 0. The van der Waals surface area contributed by atoms with Gasteiger partial charge in [-0.15, -0.1) is 0 Å². The summed E-state index contributed by atoms with van der Waals surface area (Å²) in [6, 6.07) is 0. The van der Waals surface area contributed by atoms with Crippen LogP contribution in [0.15, 0.2) is 0 Å². The number of hydrogen-bond acceptors (Lipinski definition) is 4. The van der Waals surface area contributed by atoms with Crippen molar-refractivity contribution in [1.82, 2.24) is 5.32 Å². The molecule has 5 heteroatoms. The summed E-state index contributed by atoms with van der Waals surface area (Å²) in [5.74, 6) is -0.575. The number of aliphatic hydroxyl groups is 1. The molecule has 0 aliphatic heterocycles. The summed E-state index contributed by atoms with van der Waals surface area (Å²) in [5.41, 5.74) is 4.78. The maximum atomic E-state index is 12.0. The molecule has 246 valence electrons. The first-order valence-electron chi connectivity index (χ1n) is 18.3. The van der Waals surface area contributed by atoms with E-state index in [-0.39, 0.29) is 18.3 Å². The first-order chi connectivity index (χ1) is 20.1. The minimum Gasteiger partial charge on any atom is -0.395 e. The average molecular weight is 583 g/mol. The Balaban J connectivity index is 0. The second-order valence-electron chi connectivity index (χ2n) is 12.1. The molecule has 0 unspecified atom stereocenters. The second kappa shape index (κ2) is 39.1. The van der Waals surface area contributed by atoms with E-state index in [2.05, 4.69) is 19.2 Å². The van der Waals surface area contributed by atoms with Gasteiger partial charge in [0, 0.05) is 19.5 Å². The van der Waals surface area contributed by atoms with Crippen LogP contribution in [0.4, 0.5) is 0 Å². The zero-order valence-corrected chi connectivity index (χ0v) is 28.0. The highest BCUT2D eigenvalue weighted by molar-refractivity contribution is 6.36. The lowest BCUT2D eigenvalue weighted by Crippen LogP contribution is -2.31. The van der Waals surface area contributed by atoms with Crippen LogP contribution in [0.5, 0.6) is 0 Å². The Labute approximate surface area is 257 Å². The number of unbranched alkanes of at least 4 members (excludes halogenated alkanes) is 26. The Morgan fingerprint density at radius 3 is 1.05 bits per heavy atom. The van der Waals surface area contributed by atoms with Crippen molar-refractivity contribution in [1.29, 1.82) is 0 Å². The van der Waals surface area contributed by atoms with Crippen molar-refractivity contribution in [2.24, 2.45) is 5.73 Å². The van der Waals surface area contributed by atoms with Crippen LogP contribution in [0.2, 0.25) is 0 Å². The van der Waals surface area contributed by atoms with Crippen molar-refractivity contribution in [3.05, 3.63) is 0 Å². The van der Waals surface area contributed by atoms with Crippen LogP contribution < -0.4 is 11.1 Å². The largest absolute Gasteiger partial charge is 0.395 e. The highest BCUT2D eigenvalue weighted by Gasteiger charge is 2.11.